The number of hydrogen-bond donors (Lipinski definition) is 1. The predicted octanol–water partition coefficient (Wildman–Crippen LogP) is 2.19. The molecule has 1 saturated heterocycles. The molecule has 0 bridgehead atoms. The predicted molar refractivity (Wildman–Crippen MR) is 84.0 cm³/mol. The molecule has 1 aliphatic rings. The summed E-state index contributed by atoms with van der Waals surface area (Å²) in [6.07, 6.45) is 2.13. The van der Waals surface area contributed by atoms with Gasteiger partial charge < -0.3 is 10.1 Å². The third-order valence-electron chi connectivity index (χ3n) is 4.05. The molecule has 0 aromatic heterocycles. The Labute approximate surface area is 127 Å². The molecule has 1 aromatic rings. The molecule has 1 fully saturated rings. The Morgan fingerprint density at radius 2 is 1.90 bits per heavy atom. The number of carbonyl (C=O) groups is 1. The Hall–Kier alpha value is -1.39. The van der Waals surface area contributed by atoms with Crippen molar-refractivity contribution in [2.75, 3.05) is 19.6 Å². The summed E-state index contributed by atoms with van der Waals surface area (Å²) in [5.41, 5.74) is 1.09. The van der Waals surface area contributed by atoms with Crippen LogP contribution in [0.3, 0.4) is 0 Å². The van der Waals surface area contributed by atoms with E-state index in [1.807, 2.05) is 30.3 Å². The van der Waals surface area contributed by atoms with Crippen molar-refractivity contribution < 1.29 is 9.53 Å². The second-order valence-electron chi connectivity index (χ2n) is 5.78. The standard InChI is InChI=1S/C17H26N2O2/c1-14(19-10-6-7-11-19)12-18-17(20)15(2)21-13-16-8-4-3-5-9-16/h3-5,8-9,14-15H,6-7,10-13H2,1-2H3,(H,18,20)/t14-,15+/m1/s1. The molecule has 1 N–H and O–H groups in total. The number of carbonyl (C=O) groups excluding carboxylic acids is 1. The van der Waals surface area contributed by atoms with Crippen LogP contribution in [0.1, 0.15) is 32.3 Å². The molecule has 0 unspecified atom stereocenters. The molecule has 0 radical (unpaired) electrons. The molecule has 1 aromatic carbocycles. The van der Waals surface area contributed by atoms with Crippen LogP contribution in [-0.2, 0) is 16.1 Å². The van der Waals surface area contributed by atoms with Crippen LogP contribution in [0.25, 0.3) is 0 Å². The Morgan fingerprint density at radius 3 is 2.57 bits per heavy atom. The maximum Gasteiger partial charge on any atom is 0.248 e. The van der Waals surface area contributed by atoms with Gasteiger partial charge in [0.1, 0.15) is 6.10 Å². The van der Waals surface area contributed by atoms with Crippen molar-refractivity contribution in [2.45, 2.75) is 45.4 Å². The van der Waals surface area contributed by atoms with E-state index in [2.05, 4.69) is 17.1 Å². The molecular weight excluding hydrogens is 264 g/mol. The zero-order chi connectivity index (χ0) is 15.1. The van der Waals surface area contributed by atoms with Gasteiger partial charge in [0.15, 0.2) is 0 Å². The molecule has 2 rings (SSSR count). The summed E-state index contributed by atoms with van der Waals surface area (Å²) in [7, 11) is 0. The molecule has 0 aliphatic carbocycles. The summed E-state index contributed by atoms with van der Waals surface area (Å²) >= 11 is 0. The van der Waals surface area contributed by atoms with Gasteiger partial charge in [0, 0.05) is 12.6 Å². The first-order chi connectivity index (χ1) is 10.2. The zero-order valence-corrected chi connectivity index (χ0v) is 13.0. The van der Waals surface area contributed by atoms with Crippen LogP contribution in [0.15, 0.2) is 30.3 Å². The van der Waals surface area contributed by atoms with Crippen LogP contribution in [0, 0.1) is 0 Å². The van der Waals surface area contributed by atoms with Gasteiger partial charge in [-0.05, 0) is 45.3 Å². The minimum absolute atomic E-state index is 0.0306. The first-order valence-corrected chi connectivity index (χ1v) is 7.84. The van der Waals surface area contributed by atoms with Gasteiger partial charge in [-0.3, -0.25) is 9.69 Å². The van der Waals surface area contributed by atoms with Gasteiger partial charge in [-0.2, -0.15) is 0 Å². The summed E-state index contributed by atoms with van der Waals surface area (Å²) in [5, 5.41) is 2.99. The molecule has 4 heteroatoms. The topological polar surface area (TPSA) is 41.6 Å². The molecule has 21 heavy (non-hydrogen) atoms. The van der Waals surface area contributed by atoms with Crippen LogP contribution >= 0.6 is 0 Å². The van der Waals surface area contributed by atoms with E-state index in [0.717, 1.165) is 18.7 Å². The van der Waals surface area contributed by atoms with Gasteiger partial charge in [0.2, 0.25) is 5.91 Å². The summed E-state index contributed by atoms with van der Waals surface area (Å²) in [6.45, 7) is 7.43. The highest BCUT2D eigenvalue weighted by molar-refractivity contribution is 5.80. The van der Waals surface area contributed by atoms with Crippen molar-refractivity contribution in [3.8, 4) is 0 Å². The number of benzene rings is 1. The van der Waals surface area contributed by atoms with Crippen LogP contribution in [0.4, 0.5) is 0 Å². The van der Waals surface area contributed by atoms with E-state index in [0.29, 0.717) is 19.2 Å². The van der Waals surface area contributed by atoms with Gasteiger partial charge >= 0.3 is 0 Å². The maximum atomic E-state index is 12.0. The average molecular weight is 290 g/mol. The fraction of sp³-hybridized carbons (Fsp3) is 0.588. The number of nitrogens with one attached hydrogen (secondary N) is 1. The summed E-state index contributed by atoms with van der Waals surface area (Å²) in [5.74, 6) is -0.0306. The number of nitrogens with zero attached hydrogens (tertiary/aromatic N) is 1. The highest BCUT2D eigenvalue weighted by atomic mass is 16.5. The molecule has 4 nitrogen and oxygen atoms in total. The average Bonchev–Trinajstić information content (AvgIpc) is 3.05. The minimum Gasteiger partial charge on any atom is -0.364 e. The molecule has 0 spiro atoms. The number of hydrogen-bond acceptors (Lipinski definition) is 3. The zero-order valence-electron chi connectivity index (χ0n) is 13.0. The first-order valence-electron chi connectivity index (χ1n) is 7.84. The van der Waals surface area contributed by atoms with Gasteiger partial charge in [-0.25, -0.2) is 0 Å². The first kappa shape index (κ1) is 16.0. The van der Waals surface area contributed by atoms with E-state index in [1.54, 1.807) is 6.92 Å². The summed E-state index contributed by atoms with van der Waals surface area (Å²) in [6, 6.07) is 10.3. The van der Waals surface area contributed by atoms with E-state index in [4.69, 9.17) is 4.74 Å². The summed E-state index contributed by atoms with van der Waals surface area (Å²) in [4.78, 5) is 14.5. The van der Waals surface area contributed by atoms with Gasteiger partial charge in [0.25, 0.3) is 0 Å². The van der Waals surface area contributed by atoms with Crippen LogP contribution in [0.2, 0.25) is 0 Å². The Balaban J connectivity index is 1.67. The lowest BCUT2D eigenvalue weighted by molar-refractivity contribution is -0.132. The highest BCUT2D eigenvalue weighted by Crippen LogP contribution is 2.11. The van der Waals surface area contributed by atoms with Crippen LogP contribution < -0.4 is 5.32 Å². The molecule has 1 amide bonds. The molecule has 1 heterocycles. The largest absolute Gasteiger partial charge is 0.364 e. The SMILES string of the molecule is C[C@H](OCc1ccccc1)C(=O)NC[C@@H](C)N1CCCC1. The van der Waals surface area contributed by atoms with Crippen molar-refractivity contribution in [2.24, 2.45) is 0 Å². The number of amides is 1. The number of likely N-dealkylation sites (tertiary alicyclic amines) is 1. The summed E-state index contributed by atoms with van der Waals surface area (Å²) < 4.78 is 5.62. The quantitative estimate of drug-likeness (QED) is 0.837. The van der Waals surface area contributed by atoms with Crippen molar-refractivity contribution in [3.63, 3.8) is 0 Å². The molecule has 0 saturated carbocycles. The van der Waals surface area contributed by atoms with Gasteiger partial charge in [0.05, 0.1) is 6.61 Å². The fourth-order valence-corrected chi connectivity index (χ4v) is 2.57. The Kier molecular flexibility index (Phi) is 6.21. The Bertz CT molecular complexity index is 430. The van der Waals surface area contributed by atoms with Gasteiger partial charge in [-0.1, -0.05) is 30.3 Å². The molecule has 1 aliphatic heterocycles. The third-order valence-corrected chi connectivity index (χ3v) is 4.05. The second kappa shape index (κ2) is 8.15. The lowest BCUT2D eigenvalue weighted by Crippen LogP contribution is -2.43. The van der Waals surface area contributed by atoms with E-state index >= 15 is 0 Å². The van der Waals surface area contributed by atoms with E-state index in [9.17, 15) is 4.79 Å². The molecule has 2 atom stereocenters. The van der Waals surface area contributed by atoms with E-state index in [1.165, 1.54) is 12.8 Å². The van der Waals surface area contributed by atoms with Crippen molar-refractivity contribution >= 4 is 5.91 Å². The minimum atomic E-state index is -0.420. The molecule has 116 valence electrons. The van der Waals surface area contributed by atoms with E-state index in [-0.39, 0.29) is 5.91 Å². The van der Waals surface area contributed by atoms with E-state index < -0.39 is 6.10 Å². The molecular formula is C17H26N2O2. The number of ether oxygens (including phenoxy) is 1. The lowest BCUT2D eigenvalue weighted by atomic mass is 10.2. The third kappa shape index (κ3) is 5.14. The monoisotopic (exact) mass is 290 g/mol. The van der Waals surface area contributed by atoms with Crippen molar-refractivity contribution in [1.82, 2.24) is 10.2 Å². The maximum absolute atomic E-state index is 12.0. The Morgan fingerprint density at radius 1 is 1.24 bits per heavy atom. The van der Waals surface area contributed by atoms with Crippen LogP contribution in [-0.4, -0.2) is 42.6 Å². The van der Waals surface area contributed by atoms with Crippen LogP contribution in [0.5, 0.6) is 0 Å². The normalized spacial score (nSPS) is 18.4. The number of rotatable bonds is 7. The highest BCUT2D eigenvalue weighted by Gasteiger charge is 2.20. The second-order valence-corrected chi connectivity index (χ2v) is 5.78. The smallest absolute Gasteiger partial charge is 0.248 e. The van der Waals surface area contributed by atoms with Gasteiger partial charge in [-0.15, -0.1) is 0 Å². The fourth-order valence-electron chi connectivity index (χ4n) is 2.57. The van der Waals surface area contributed by atoms with Crippen molar-refractivity contribution in [1.29, 1.82) is 0 Å². The van der Waals surface area contributed by atoms with Crippen molar-refractivity contribution in [3.05, 3.63) is 35.9 Å². The lowest BCUT2D eigenvalue weighted by Gasteiger charge is -2.24.